The SMILES string of the molecule is CC(C)c1ncc(N)c(C(=O)N2CCC(C(C)O)C2)n1. The van der Waals surface area contributed by atoms with Crippen molar-refractivity contribution in [3.05, 3.63) is 17.7 Å². The number of aliphatic hydroxyl groups excluding tert-OH is 1. The summed E-state index contributed by atoms with van der Waals surface area (Å²) < 4.78 is 0. The molecule has 0 spiro atoms. The lowest BCUT2D eigenvalue weighted by molar-refractivity contribution is 0.0757. The number of nitrogens with zero attached hydrogens (tertiary/aromatic N) is 3. The Kier molecular flexibility index (Phi) is 4.23. The van der Waals surface area contributed by atoms with Gasteiger partial charge in [0.2, 0.25) is 0 Å². The molecule has 1 fully saturated rings. The van der Waals surface area contributed by atoms with Crippen LogP contribution in [0.3, 0.4) is 0 Å². The molecule has 2 heterocycles. The van der Waals surface area contributed by atoms with Gasteiger partial charge in [-0.1, -0.05) is 13.8 Å². The van der Waals surface area contributed by atoms with Gasteiger partial charge in [0.15, 0.2) is 5.69 Å². The third-order valence-corrected chi connectivity index (χ3v) is 3.75. The van der Waals surface area contributed by atoms with E-state index in [1.807, 2.05) is 13.8 Å². The average molecular weight is 278 g/mol. The molecule has 2 rings (SSSR count). The fourth-order valence-corrected chi connectivity index (χ4v) is 2.37. The van der Waals surface area contributed by atoms with Gasteiger partial charge in [-0.25, -0.2) is 9.97 Å². The van der Waals surface area contributed by atoms with Crippen LogP contribution < -0.4 is 5.73 Å². The second kappa shape index (κ2) is 5.75. The van der Waals surface area contributed by atoms with Gasteiger partial charge in [0.1, 0.15) is 5.82 Å². The van der Waals surface area contributed by atoms with E-state index < -0.39 is 6.10 Å². The maximum atomic E-state index is 12.5. The number of carbonyl (C=O) groups is 1. The molecule has 1 aliphatic heterocycles. The smallest absolute Gasteiger partial charge is 0.274 e. The highest BCUT2D eigenvalue weighted by atomic mass is 16.3. The average Bonchev–Trinajstić information content (AvgIpc) is 2.88. The lowest BCUT2D eigenvalue weighted by Gasteiger charge is -2.18. The lowest BCUT2D eigenvalue weighted by atomic mass is 10.0. The van der Waals surface area contributed by atoms with Crippen molar-refractivity contribution in [2.75, 3.05) is 18.8 Å². The molecule has 0 aliphatic carbocycles. The summed E-state index contributed by atoms with van der Waals surface area (Å²) in [6.07, 6.45) is 1.91. The van der Waals surface area contributed by atoms with E-state index >= 15 is 0 Å². The van der Waals surface area contributed by atoms with Crippen molar-refractivity contribution in [2.45, 2.75) is 39.2 Å². The molecule has 0 radical (unpaired) electrons. The van der Waals surface area contributed by atoms with Gasteiger partial charge in [-0.15, -0.1) is 0 Å². The summed E-state index contributed by atoms with van der Waals surface area (Å²) in [5, 5.41) is 9.61. The molecule has 3 N–H and O–H groups in total. The zero-order valence-corrected chi connectivity index (χ0v) is 12.2. The summed E-state index contributed by atoms with van der Waals surface area (Å²) in [7, 11) is 0. The van der Waals surface area contributed by atoms with Crippen molar-refractivity contribution in [3.63, 3.8) is 0 Å². The number of nitrogens with two attached hydrogens (primary N) is 1. The number of aliphatic hydroxyl groups is 1. The molecule has 1 amide bonds. The maximum Gasteiger partial charge on any atom is 0.274 e. The maximum absolute atomic E-state index is 12.5. The van der Waals surface area contributed by atoms with Crippen LogP contribution in [0.4, 0.5) is 5.69 Å². The minimum Gasteiger partial charge on any atom is -0.396 e. The minimum absolute atomic E-state index is 0.131. The van der Waals surface area contributed by atoms with Crippen LogP contribution in [0.5, 0.6) is 0 Å². The molecule has 20 heavy (non-hydrogen) atoms. The normalized spacial score (nSPS) is 20.4. The van der Waals surface area contributed by atoms with Crippen molar-refractivity contribution >= 4 is 11.6 Å². The van der Waals surface area contributed by atoms with Crippen LogP contribution in [0.1, 0.15) is 49.4 Å². The first kappa shape index (κ1) is 14.7. The largest absolute Gasteiger partial charge is 0.396 e. The number of likely N-dealkylation sites (tertiary alicyclic amines) is 1. The van der Waals surface area contributed by atoms with Crippen molar-refractivity contribution in [1.29, 1.82) is 0 Å². The molecule has 2 atom stereocenters. The van der Waals surface area contributed by atoms with Crippen molar-refractivity contribution in [1.82, 2.24) is 14.9 Å². The predicted octanol–water partition coefficient (Wildman–Crippen LogP) is 1.03. The number of carbonyl (C=O) groups excluding carboxylic acids is 1. The number of hydrogen-bond donors (Lipinski definition) is 2. The third-order valence-electron chi connectivity index (χ3n) is 3.75. The van der Waals surface area contributed by atoms with Crippen molar-refractivity contribution < 1.29 is 9.90 Å². The van der Waals surface area contributed by atoms with Gasteiger partial charge < -0.3 is 15.7 Å². The van der Waals surface area contributed by atoms with Crippen LogP contribution in [0.15, 0.2) is 6.20 Å². The Balaban J connectivity index is 2.19. The van der Waals surface area contributed by atoms with Gasteiger partial charge >= 0.3 is 0 Å². The number of nitrogen functional groups attached to an aromatic ring is 1. The van der Waals surface area contributed by atoms with Gasteiger partial charge in [0.25, 0.3) is 5.91 Å². The number of amides is 1. The molecule has 0 saturated carbocycles. The Hall–Kier alpha value is -1.69. The Morgan fingerprint density at radius 2 is 2.20 bits per heavy atom. The van der Waals surface area contributed by atoms with Crippen LogP contribution in [-0.4, -0.2) is 45.1 Å². The highest BCUT2D eigenvalue weighted by molar-refractivity contribution is 5.97. The van der Waals surface area contributed by atoms with E-state index in [4.69, 9.17) is 5.73 Å². The highest BCUT2D eigenvalue weighted by Crippen LogP contribution is 2.23. The minimum atomic E-state index is -0.401. The topological polar surface area (TPSA) is 92.3 Å². The standard InChI is InChI=1S/C14H22N4O2/c1-8(2)13-16-6-11(15)12(17-13)14(20)18-5-4-10(7-18)9(3)19/h6,8-10,19H,4-5,7,15H2,1-3H3. The Bertz CT molecular complexity index is 502. The number of hydrogen-bond acceptors (Lipinski definition) is 5. The van der Waals surface area contributed by atoms with Crippen LogP contribution in [0, 0.1) is 5.92 Å². The zero-order valence-electron chi connectivity index (χ0n) is 12.2. The van der Waals surface area contributed by atoms with Crippen LogP contribution >= 0.6 is 0 Å². The summed E-state index contributed by atoms with van der Waals surface area (Å²) in [5.74, 6) is 0.723. The molecule has 1 aliphatic rings. The third kappa shape index (κ3) is 2.90. The van der Waals surface area contributed by atoms with Crippen LogP contribution in [0.25, 0.3) is 0 Å². The summed E-state index contributed by atoms with van der Waals surface area (Å²) in [6, 6.07) is 0. The fraction of sp³-hybridized carbons (Fsp3) is 0.643. The first-order valence-electron chi connectivity index (χ1n) is 7.00. The molecule has 1 aromatic rings. The van der Waals surface area contributed by atoms with E-state index in [1.54, 1.807) is 11.8 Å². The van der Waals surface area contributed by atoms with Crippen molar-refractivity contribution in [2.24, 2.45) is 5.92 Å². The number of aromatic nitrogens is 2. The molecule has 110 valence electrons. The monoisotopic (exact) mass is 278 g/mol. The van der Waals surface area contributed by atoms with Gasteiger partial charge in [0.05, 0.1) is 18.0 Å². The predicted molar refractivity (Wildman–Crippen MR) is 76.2 cm³/mol. The quantitative estimate of drug-likeness (QED) is 0.861. The summed E-state index contributed by atoms with van der Waals surface area (Å²) in [6.45, 7) is 6.89. The molecule has 0 bridgehead atoms. The van der Waals surface area contributed by atoms with E-state index in [2.05, 4.69) is 9.97 Å². The number of anilines is 1. The van der Waals surface area contributed by atoms with Gasteiger partial charge in [-0.05, 0) is 13.3 Å². The van der Waals surface area contributed by atoms with Gasteiger partial charge in [0, 0.05) is 24.9 Å². The molecular weight excluding hydrogens is 256 g/mol. The Labute approximate surface area is 119 Å². The van der Waals surface area contributed by atoms with E-state index in [0.29, 0.717) is 24.6 Å². The molecule has 0 aromatic carbocycles. The fourth-order valence-electron chi connectivity index (χ4n) is 2.37. The Morgan fingerprint density at radius 3 is 2.75 bits per heavy atom. The molecule has 6 heteroatoms. The van der Waals surface area contributed by atoms with E-state index in [1.165, 1.54) is 6.20 Å². The lowest BCUT2D eigenvalue weighted by Crippen LogP contribution is -2.32. The van der Waals surface area contributed by atoms with E-state index in [9.17, 15) is 9.90 Å². The first-order valence-corrected chi connectivity index (χ1v) is 7.00. The first-order chi connectivity index (χ1) is 9.40. The van der Waals surface area contributed by atoms with Crippen molar-refractivity contribution in [3.8, 4) is 0 Å². The molecular formula is C14H22N4O2. The Morgan fingerprint density at radius 1 is 1.50 bits per heavy atom. The van der Waals surface area contributed by atoms with Crippen LogP contribution in [-0.2, 0) is 0 Å². The zero-order chi connectivity index (χ0) is 14.9. The second-order valence-corrected chi connectivity index (χ2v) is 5.73. The molecule has 1 saturated heterocycles. The van der Waals surface area contributed by atoms with Gasteiger partial charge in [-0.2, -0.15) is 0 Å². The number of rotatable bonds is 3. The summed E-state index contributed by atoms with van der Waals surface area (Å²) in [4.78, 5) is 22.6. The van der Waals surface area contributed by atoms with Crippen LogP contribution in [0.2, 0.25) is 0 Å². The molecule has 1 aromatic heterocycles. The van der Waals surface area contributed by atoms with Gasteiger partial charge in [-0.3, -0.25) is 4.79 Å². The second-order valence-electron chi connectivity index (χ2n) is 5.73. The molecule has 2 unspecified atom stereocenters. The van der Waals surface area contributed by atoms with E-state index in [0.717, 1.165) is 6.42 Å². The molecule has 6 nitrogen and oxygen atoms in total. The summed E-state index contributed by atoms with van der Waals surface area (Å²) in [5.41, 5.74) is 6.41. The highest BCUT2D eigenvalue weighted by Gasteiger charge is 2.31. The van der Waals surface area contributed by atoms with E-state index in [-0.39, 0.29) is 23.4 Å². The summed E-state index contributed by atoms with van der Waals surface area (Å²) >= 11 is 0.